The van der Waals surface area contributed by atoms with E-state index in [9.17, 15) is 8.78 Å². The second-order valence-electron chi connectivity index (χ2n) is 4.42. The summed E-state index contributed by atoms with van der Waals surface area (Å²) in [7, 11) is 0. The van der Waals surface area contributed by atoms with Gasteiger partial charge in [-0.05, 0) is 43.0 Å². The Kier molecular flexibility index (Phi) is 3.94. The molecular formula is C13H17F2NO. The van der Waals surface area contributed by atoms with E-state index in [1.807, 2.05) is 6.92 Å². The lowest BCUT2D eigenvalue weighted by Gasteiger charge is -2.10. The topological polar surface area (TPSA) is 21.3 Å². The standard InChI is InChI=1S/C13H17F2NO/c1-2-16-7-10-5-11(14)13(12(15)6-10)17-8-9-3-4-9/h5-6,9,16H,2-4,7-8H2,1H3. The smallest absolute Gasteiger partial charge is 0.190 e. The van der Waals surface area contributed by atoms with Gasteiger partial charge in [-0.15, -0.1) is 0 Å². The Morgan fingerprint density at radius 1 is 1.29 bits per heavy atom. The predicted octanol–water partition coefficient (Wildman–Crippen LogP) is 2.86. The number of hydrogen-bond donors (Lipinski definition) is 1. The average Bonchev–Trinajstić information content (AvgIpc) is 3.09. The van der Waals surface area contributed by atoms with E-state index in [1.165, 1.54) is 12.1 Å². The lowest BCUT2D eigenvalue weighted by molar-refractivity contribution is 0.270. The van der Waals surface area contributed by atoms with Gasteiger partial charge in [0.05, 0.1) is 6.61 Å². The van der Waals surface area contributed by atoms with E-state index in [0.717, 1.165) is 19.4 Å². The zero-order valence-electron chi connectivity index (χ0n) is 9.93. The molecule has 0 heterocycles. The van der Waals surface area contributed by atoms with Crippen LogP contribution in [-0.2, 0) is 6.54 Å². The minimum Gasteiger partial charge on any atom is -0.487 e. The highest BCUT2D eigenvalue weighted by Crippen LogP contribution is 2.31. The molecule has 0 bridgehead atoms. The van der Waals surface area contributed by atoms with Crippen molar-refractivity contribution in [2.75, 3.05) is 13.2 Å². The Labute approximate surface area is 100.0 Å². The quantitative estimate of drug-likeness (QED) is 0.827. The number of benzene rings is 1. The highest BCUT2D eigenvalue weighted by atomic mass is 19.1. The normalized spacial score (nSPS) is 15.0. The summed E-state index contributed by atoms with van der Waals surface area (Å²) < 4.78 is 32.4. The summed E-state index contributed by atoms with van der Waals surface area (Å²) >= 11 is 0. The molecule has 1 aromatic carbocycles. The number of nitrogens with one attached hydrogen (secondary N) is 1. The molecule has 0 unspecified atom stereocenters. The summed E-state index contributed by atoms with van der Waals surface area (Å²) in [6.07, 6.45) is 2.20. The van der Waals surface area contributed by atoms with Crippen molar-refractivity contribution in [1.82, 2.24) is 5.32 Å². The molecular weight excluding hydrogens is 224 g/mol. The van der Waals surface area contributed by atoms with E-state index in [0.29, 0.717) is 24.6 Å². The third-order valence-corrected chi connectivity index (χ3v) is 2.80. The van der Waals surface area contributed by atoms with E-state index < -0.39 is 11.6 Å². The monoisotopic (exact) mass is 241 g/mol. The molecule has 1 N–H and O–H groups in total. The molecule has 17 heavy (non-hydrogen) atoms. The van der Waals surface area contributed by atoms with Gasteiger partial charge in [-0.2, -0.15) is 0 Å². The van der Waals surface area contributed by atoms with Crippen molar-refractivity contribution in [3.63, 3.8) is 0 Å². The van der Waals surface area contributed by atoms with Gasteiger partial charge in [0.2, 0.25) is 0 Å². The van der Waals surface area contributed by atoms with Crippen molar-refractivity contribution >= 4 is 0 Å². The van der Waals surface area contributed by atoms with Crippen LogP contribution < -0.4 is 10.1 Å². The molecule has 0 radical (unpaired) electrons. The van der Waals surface area contributed by atoms with Crippen molar-refractivity contribution in [3.8, 4) is 5.75 Å². The zero-order valence-corrected chi connectivity index (χ0v) is 9.93. The SMILES string of the molecule is CCNCc1cc(F)c(OCC2CC2)c(F)c1. The fourth-order valence-electron chi connectivity index (χ4n) is 1.61. The third-order valence-electron chi connectivity index (χ3n) is 2.80. The first-order chi connectivity index (χ1) is 8.20. The molecule has 1 aliphatic rings. The molecule has 94 valence electrons. The van der Waals surface area contributed by atoms with Crippen LogP contribution in [0.5, 0.6) is 5.75 Å². The Balaban J connectivity index is 2.04. The maximum absolute atomic E-state index is 13.6. The molecule has 0 atom stereocenters. The first kappa shape index (κ1) is 12.3. The first-order valence-corrected chi connectivity index (χ1v) is 6.02. The summed E-state index contributed by atoms with van der Waals surface area (Å²) in [5.74, 6) is -0.982. The summed E-state index contributed by atoms with van der Waals surface area (Å²) in [5, 5.41) is 3.02. The Hall–Kier alpha value is -1.16. The number of hydrogen-bond acceptors (Lipinski definition) is 2. The van der Waals surface area contributed by atoms with Gasteiger partial charge in [-0.3, -0.25) is 0 Å². The third kappa shape index (κ3) is 3.40. The van der Waals surface area contributed by atoms with Crippen LogP contribution in [0, 0.1) is 17.6 Å². The van der Waals surface area contributed by atoms with Gasteiger partial charge < -0.3 is 10.1 Å². The van der Waals surface area contributed by atoms with Crippen LogP contribution in [-0.4, -0.2) is 13.2 Å². The molecule has 0 aromatic heterocycles. The van der Waals surface area contributed by atoms with Crippen LogP contribution in [0.25, 0.3) is 0 Å². The van der Waals surface area contributed by atoms with E-state index >= 15 is 0 Å². The van der Waals surface area contributed by atoms with Crippen molar-refractivity contribution in [3.05, 3.63) is 29.3 Å². The number of ether oxygens (including phenoxy) is 1. The average molecular weight is 241 g/mol. The Morgan fingerprint density at radius 2 is 1.94 bits per heavy atom. The maximum Gasteiger partial charge on any atom is 0.190 e. The van der Waals surface area contributed by atoms with Crippen LogP contribution >= 0.6 is 0 Å². The molecule has 2 nitrogen and oxygen atoms in total. The summed E-state index contributed by atoms with van der Waals surface area (Å²) in [5.41, 5.74) is 0.598. The fraction of sp³-hybridized carbons (Fsp3) is 0.538. The van der Waals surface area contributed by atoms with Gasteiger partial charge in [-0.1, -0.05) is 6.92 Å². The van der Waals surface area contributed by atoms with E-state index in [4.69, 9.17) is 4.74 Å². The van der Waals surface area contributed by atoms with Crippen molar-refractivity contribution < 1.29 is 13.5 Å². The summed E-state index contributed by atoms with van der Waals surface area (Å²) in [6.45, 7) is 3.59. The summed E-state index contributed by atoms with van der Waals surface area (Å²) in [4.78, 5) is 0. The van der Waals surface area contributed by atoms with E-state index in [2.05, 4.69) is 5.32 Å². The molecule has 1 aliphatic carbocycles. The second-order valence-corrected chi connectivity index (χ2v) is 4.42. The van der Waals surface area contributed by atoms with Crippen LogP contribution in [0.1, 0.15) is 25.3 Å². The molecule has 1 saturated carbocycles. The summed E-state index contributed by atoms with van der Waals surface area (Å²) in [6, 6.07) is 2.65. The molecule has 1 fully saturated rings. The lowest BCUT2D eigenvalue weighted by Crippen LogP contribution is -2.12. The molecule has 2 rings (SSSR count). The molecule has 0 amide bonds. The zero-order chi connectivity index (χ0) is 12.3. The minimum atomic E-state index is -0.612. The molecule has 0 aliphatic heterocycles. The predicted molar refractivity (Wildman–Crippen MR) is 62.0 cm³/mol. The Bertz CT molecular complexity index is 368. The Morgan fingerprint density at radius 3 is 2.47 bits per heavy atom. The van der Waals surface area contributed by atoms with E-state index in [1.54, 1.807) is 0 Å². The molecule has 4 heteroatoms. The van der Waals surface area contributed by atoms with Crippen LogP contribution in [0.15, 0.2) is 12.1 Å². The number of rotatable bonds is 6. The van der Waals surface area contributed by atoms with Crippen molar-refractivity contribution in [2.24, 2.45) is 5.92 Å². The van der Waals surface area contributed by atoms with Gasteiger partial charge in [-0.25, -0.2) is 8.78 Å². The maximum atomic E-state index is 13.6. The minimum absolute atomic E-state index is 0.239. The number of halogens is 2. The van der Waals surface area contributed by atoms with Crippen molar-refractivity contribution in [1.29, 1.82) is 0 Å². The van der Waals surface area contributed by atoms with Gasteiger partial charge in [0.15, 0.2) is 17.4 Å². The highest BCUT2D eigenvalue weighted by molar-refractivity contribution is 5.31. The van der Waals surface area contributed by atoms with Gasteiger partial charge in [0.1, 0.15) is 0 Å². The van der Waals surface area contributed by atoms with Crippen LogP contribution in [0.4, 0.5) is 8.78 Å². The highest BCUT2D eigenvalue weighted by Gasteiger charge is 2.23. The van der Waals surface area contributed by atoms with Crippen LogP contribution in [0.2, 0.25) is 0 Å². The lowest BCUT2D eigenvalue weighted by atomic mass is 10.2. The molecule has 0 spiro atoms. The van der Waals surface area contributed by atoms with E-state index in [-0.39, 0.29) is 5.75 Å². The van der Waals surface area contributed by atoms with Gasteiger partial charge in [0.25, 0.3) is 0 Å². The van der Waals surface area contributed by atoms with Crippen LogP contribution in [0.3, 0.4) is 0 Å². The first-order valence-electron chi connectivity index (χ1n) is 6.02. The molecule has 1 aromatic rings. The van der Waals surface area contributed by atoms with Gasteiger partial charge >= 0.3 is 0 Å². The fourth-order valence-corrected chi connectivity index (χ4v) is 1.61. The largest absolute Gasteiger partial charge is 0.487 e. The van der Waals surface area contributed by atoms with Gasteiger partial charge in [0, 0.05) is 6.54 Å². The van der Waals surface area contributed by atoms with Crippen molar-refractivity contribution in [2.45, 2.75) is 26.3 Å². The second kappa shape index (κ2) is 5.45. The molecule has 0 saturated heterocycles.